The summed E-state index contributed by atoms with van der Waals surface area (Å²) >= 11 is 0. The Kier molecular flexibility index (Phi) is 18.5. The Bertz CT molecular complexity index is 10300. The summed E-state index contributed by atoms with van der Waals surface area (Å²) in [6.45, 7) is 0. The van der Waals surface area contributed by atoms with Crippen LogP contribution in [0.2, 0.25) is 0 Å². The number of rotatable bonds is 17. The van der Waals surface area contributed by atoms with E-state index in [1.807, 2.05) is 0 Å². The largest absolute Gasteiger partial charge is 0.309 e. The minimum Gasteiger partial charge on any atom is -0.309 e. The molecule has 0 spiro atoms. The summed E-state index contributed by atoms with van der Waals surface area (Å²) in [5.74, 6) is 3.80. The fraction of sp³-hybridized carbons (Fsp3) is 0. The van der Waals surface area contributed by atoms with E-state index in [2.05, 4.69) is 546 Å². The maximum absolute atomic E-state index is 5.81. The predicted molar refractivity (Wildman–Crippen MR) is 605 cm³/mol. The zero-order valence-corrected chi connectivity index (χ0v) is 80.8. The van der Waals surface area contributed by atoms with Gasteiger partial charge in [0.2, 0.25) is 23.5 Å². The molecule has 30 aromatic rings. The van der Waals surface area contributed by atoms with Crippen LogP contribution in [0, 0.1) is 0 Å². The summed E-state index contributed by atoms with van der Waals surface area (Å²) in [7, 11) is -6.34. The zero-order valence-electron chi connectivity index (χ0n) is 78.8. The number of hydrogen-bond acceptors (Lipinski definition) is 6. The van der Waals surface area contributed by atoms with Crippen molar-refractivity contribution in [2.24, 2.45) is 0 Å². The topological polar surface area (TPSA) is 116 Å². The molecule has 0 unspecified atom stereocenters. The third-order valence-corrected chi connectivity index (χ3v) is 40.0. The third-order valence-electron chi connectivity index (χ3n) is 30.4. The van der Waals surface area contributed by atoms with E-state index < -0.39 is 16.1 Å². The molecule has 10 heterocycles. The van der Waals surface area contributed by atoms with Gasteiger partial charge in [-0.2, -0.15) is 9.97 Å². The SMILES string of the molecule is c1ccc([Si](c2ccccc2)(c2ccc(-c3cc(-n4c5ccccc5c5cc(-c6ccc7nc8n(-c9nc(-c%10ccc([Si](c%11ccccc%11)(c%11ccccc%11)c%11cccc(-n%12c%13ccccc%13c%13ccccc%13%12)c%11)cc%10)cc(-n%10c%11ccccc%11n%11c%12ccccc%12nc%10%11)n9)c9ccccc9n8c7c6)ccc54)nc(-n4c5ccccc5c5ccccc54)n3)cc2)c2cccc(-n3c4ccccc4c4ccccc43)c2)cc1. The summed E-state index contributed by atoms with van der Waals surface area (Å²) in [4.78, 5) is 34.2. The van der Waals surface area contributed by atoms with E-state index in [1.165, 1.54) is 85.1 Å². The van der Waals surface area contributed by atoms with Gasteiger partial charge in [-0.15, -0.1) is 0 Å². The minimum atomic E-state index is -3.18. The van der Waals surface area contributed by atoms with E-state index in [0.717, 1.165) is 144 Å². The van der Waals surface area contributed by atoms with Crippen LogP contribution in [0.3, 0.4) is 0 Å². The quantitative estimate of drug-likeness (QED) is 0.0662. The first-order chi connectivity index (χ1) is 72.4. The van der Waals surface area contributed by atoms with E-state index in [0.29, 0.717) is 23.5 Å². The van der Waals surface area contributed by atoms with Gasteiger partial charge in [-0.3, -0.25) is 22.5 Å². The molecule has 0 atom stereocenters. The molecule has 14 nitrogen and oxygen atoms in total. The molecule has 0 bridgehead atoms. The Hall–Kier alpha value is -19.3. The van der Waals surface area contributed by atoms with Crippen molar-refractivity contribution in [1.29, 1.82) is 0 Å². The lowest BCUT2D eigenvalue weighted by Crippen LogP contribution is -2.74. The van der Waals surface area contributed by atoms with Gasteiger partial charge in [-0.25, -0.2) is 24.5 Å². The van der Waals surface area contributed by atoms with E-state index in [4.69, 9.17) is 29.9 Å². The molecule has 20 aromatic carbocycles. The number of benzene rings is 20. The van der Waals surface area contributed by atoms with Gasteiger partial charge >= 0.3 is 0 Å². The summed E-state index contributed by atoms with van der Waals surface area (Å²) < 4.78 is 18.3. The molecule has 0 saturated heterocycles. The van der Waals surface area contributed by atoms with Crippen molar-refractivity contribution in [2.45, 2.75) is 0 Å². The number of fused-ring (bicyclic) bond motifs is 22. The van der Waals surface area contributed by atoms with E-state index in [9.17, 15) is 0 Å². The first kappa shape index (κ1) is 82.6. The van der Waals surface area contributed by atoms with Crippen LogP contribution in [0.4, 0.5) is 0 Å². The fourth-order valence-corrected chi connectivity index (χ4v) is 33.7. The Labute approximate surface area is 838 Å². The van der Waals surface area contributed by atoms with Gasteiger partial charge in [0.15, 0.2) is 16.1 Å². The number of imidazole rings is 4. The van der Waals surface area contributed by atoms with Crippen molar-refractivity contribution in [2.75, 3.05) is 0 Å². The molecule has 682 valence electrons. The van der Waals surface area contributed by atoms with Gasteiger partial charge in [0, 0.05) is 77.7 Å². The Balaban J connectivity index is 0.567. The summed E-state index contributed by atoms with van der Waals surface area (Å²) in [5.41, 5.74) is 23.9. The summed E-state index contributed by atoms with van der Waals surface area (Å²) in [6, 6.07) is 187. The molecule has 0 amide bonds. The van der Waals surface area contributed by atoms with Crippen LogP contribution < -0.4 is 41.5 Å². The van der Waals surface area contributed by atoms with Crippen LogP contribution in [0.15, 0.2) is 510 Å². The molecule has 146 heavy (non-hydrogen) atoms. The van der Waals surface area contributed by atoms with Gasteiger partial charge in [0.25, 0.3) is 0 Å². The van der Waals surface area contributed by atoms with Crippen molar-refractivity contribution in [1.82, 2.24) is 66.1 Å². The van der Waals surface area contributed by atoms with Gasteiger partial charge in [-0.05, 0) is 180 Å². The fourth-order valence-electron chi connectivity index (χ4n) is 24.2. The van der Waals surface area contributed by atoms with Crippen LogP contribution in [0.1, 0.15) is 0 Å². The Morgan fingerprint density at radius 1 is 0.151 bits per heavy atom. The van der Waals surface area contributed by atoms with Gasteiger partial charge in [0.05, 0.1) is 99.7 Å². The highest BCUT2D eigenvalue weighted by atomic mass is 28.3. The normalized spacial score (nSPS) is 12.2. The lowest BCUT2D eigenvalue weighted by atomic mass is 10.0. The average molecular weight is 1900 g/mol. The number of nitrogens with zero attached hydrogens (tertiary/aromatic N) is 14. The molecule has 0 N–H and O–H groups in total. The van der Waals surface area contributed by atoms with Crippen molar-refractivity contribution in [3.8, 4) is 68.5 Å². The van der Waals surface area contributed by atoms with Crippen LogP contribution >= 0.6 is 0 Å². The van der Waals surface area contributed by atoms with Crippen molar-refractivity contribution >= 4 is 201 Å². The first-order valence-corrected chi connectivity index (χ1v) is 53.6. The molecule has 0 radical (unpaired) electrons. The number of hydrogen-bond donors (Lipinski definition) is 0. The van der Waals surface area contributed by atoms with Crippen molar-refractivity contribution in [3.63, 3.8) is 0 Å². The maximum atomic E-state index is 5.81. The molecule has 30 rings (SSSR count). The number of aromatic nitrogens is 14. The summed E-state index contributed by atoms with van der Waals surface area (Å²) in [5, 5.41) is 19.5. The van der Waals surface area contributed by atoms with Crippen LogP contribution in [-0.2, 0) is 0 Å². The average Bonchev–Trinajstić information content (AvgIpc) is 1.66. The van der Waals surface area contributed by atoms with Crippen molar-refractivity contribution < 1.29 is 0 Å². The highest BCUT2D eigenvalue weighted by Gasteiger charge is 2.44. The predicted octanol–water partition coefficient (Wildman–Crippen LogP) is 24.9. The molecule has 16 heteroatoms. The minimum absolute atomic E-state index is 0.451. The highest BCUT2D eigenvalue weighted by molar-refractivity contribution is 7.20. The van der Waals surface area contributed by atoms with E-state index >= 15 is 0 Å². The molecule has 0 fully saturated rings. The van der Waals surface area contributed by atoms with Gasteiger partial charge < -0.3 is 9.13 Å². The van der Waals surface area contributed by atoms with Crippen LogP contribution in [0.5, 0.6) is 0 Å². The number of para-hydroxylation sites is 13. The summed E-state index contributed by atoms with van der Waals surface area (Å²) in [6.07, 6.45) is 0. The molecule has 0 aliphatic carbocycles. The standard InChI is InChI=1S/C130H84N14Si2/c1-5-37-91(38-6-1)145(92-39-7-2-8-40-92,97-45-33-35-89(81-97)137-111-55-21-13-47-99(111)100-48-14-22-56-112(100)137)95-73-67-85(68-74-95)109-83-125(135-127(131-109)140-116-60-26-17-51-103(116)104-52-18-27-61-117(104)140)139-115-59-25-19-53-105(115)106-79-87(72-78-118(106)139)88-71-77-108-124(80-88)142-121-64-30-32-66-123(121)144(130(142)134-108)128-132-110(84-126(136-128)143-122-65-31-29-63-120(122)141-119-62-28-20-54-107(119)133-129(141)143)86-69-75-96(76-70-86)146(93-41-9-3-10-42-93,94-43-11-4-12-44-94)98-46-34-36-90(82-98)138-113-57-23-15-49-101(113)102-50-16-24-58-114(102)138/h1-84H. The second-order valence-electron chi connectivity index (χ2n) is 38.1. The van der Waals surface area contributed by atoms with Gasteiger partial charge in [-0.1, -0.05) is 370 Å². The first-order valence-electron chi connectivity index (χ1n) is 49.6. The van der Waals surface area contributed by atoms with Gasteiger partial charge in [0.1, 0.15) is 11.6 Å². The molecule has 0 saturated carbocycles. The molecule has 10 aromatic heterocycles. The molecule has 0 aliphatic rings. The van der Waals surface area contributed by atoms with E-state index in [-0.39, 0.29) is 0 Å². The van der Waals surface area contributed by atoms with Crippen LogP contribution in [0.25, 0.3) is 211 Å². The monoisotopic (exact) mass is 1900 g/mol. The Morgan fingerprint density at radius 2 is 0.445 bits per heavy atom. The second kappa shape index (κ2) is 32.7. The lowest BCUT2D eigenvalue weighted by Gasteiger charge is -2.35. The smallest absolute Gasteiger partial charge is 0.239 e. The second-order valence-corrected chi connectivity index (χ2v) is 45.7. The lowest BCUT2D eigenvalue weighted by molar-refractivity contribution is 0.930. The molecular weight excluding hydrogens is 1810 g/mol. The van der Waals surface area contributed by atoms with E-state index in [1.54, 1.807) is 0 Å². The third kappa shape index (κ3) is 12.4. The van der Waals surface area contributed by atoms with Crippen molar-refractivity contribution in [3.05, 3.63) is 510 Å². The maximum Gasteiger partial charge on any atom is 0.239 e. The van der Waals surface area contributed by atoms with Crippen LogP contribution in [-0.4, -0.2) is 82.3 Å². The zero-order chi connectivity index (χ0) is 95.8. The Morgan fingerprint density at radius 3 is 0.884 bits per heavy atom. The molecular formula is C130H84N14Si2. The highest BCUT2D eigenvalue weighted by Crippen LogP contribution is 2.43. The molecule has 0 aliphatic heterocycles.